The third-order valence-electron chi connectivity index (χ3n) is 4.16. The molecule has 0 aliphatic carbocycles. The molecule has 2 heterocycles. The van der Waals surface area contributed by atoms with Crippen LogP contribution in [0.4, 0.5) is 4.39 Å². The number of carbonyl (C=O) groups is 1. The molecule has 0 aliphatic rings. The van der Waals surface area contributed by atoms with Crippen LogP contribution in [-0.2, 0) is 6.54 Å². The number of pyridine rings is 2. The van der Waals surface area contributed by atoms with Crippen LogP contribution in [0.25, 0.3) is 10.9 Å². The van der Waals surface area contributed by atoms with E-state index in [2.05, 4.69) is 15.3 Å². The van der Waals surface area contributed by atoms with Crippen LogP contribution in [0.3, 0.4) is 0 Å². The summed E-state index contributed by atoms with van der Waals surface area (Å²) in [7, 11) is 0. The molecular weight excluding hydrogens is 357 g/mol. The molecule has 0 atom stereocenters. The number of carbonyl (C=O) groups excluding carboxylic acids is 1. The summed E-state index contributed by atoms with van der Waals surface area (Å²) in [4.78, 5) is 20.9. The van der Waals surface area contributed by atoms with Gasteiger partial charge in [-0.25, -0.2) is 9.37 Å². The molecule has 4 rings (SSSR count). The number of para-hydroxylation sites is 1. The lowest BCUT2D eigenvalue weighted by molar-refractivity contribution is 0.0947. The number of halogens is 1. The van der Waals surface area contributed by atoms with Gasteiger partial charge in [-0.15, -0.1) is 0 Å². The van der Waals surface area contributed by atoms with Crippen molar-refractivity contribution in [3.63, 3.8) is 0 Å². The lowest BCUT2D eigenvalue weighted by atomic mass is 10.2. The van der Waals surface area contributed by atoms with Crippen LogP contribution < -0.4 is 10.1 Å². The summed E-state index contributed by atoms with van der Waals surface area (Å²) in [5, 5.41) is 3.65. The fourth-order valence-corrected chi connectivity index (χ4v) is 2.81. The molecule has 2 aromatic heterocycles. The largest absolute Gasteiger partial charge is 0.436 e. The molecular formula is C22H16FN3O2. The summed E-state index contributed by atoms with van der Waals surface area (Å²) in [6.07, 6.45) is 2.67. The van der Waals surface area contributed by atoms with Gasteiger partial charge in [-0.1, -0.05) is 48.5 Å². The summed E-state index contributed by atoms with van der Waals surface area (Å²) in [5.41, 5.74) is 1.58. The zero-order valence-electron chi connectivity index (χ0n) is 14.8. The summed E-state index contributed by atoms with van der Waals surface area (Å²) in [6, 6.07) is 19.7. The molecule has 4 aromatic rings. The van der Waals surface area contributed by atoms with Gasteiger partial charge >= 0.3 is 0 Å². The van der Waals surface area contributed by atoms with Gasteiger partial charge in [0.2, 0.25) is 5.88 Å². The Kier molecular flexibility index (Phi) is 4.93. The van der Waals surface area contributed by atoms with Crippen molar-refractivity contribution < 1.29 is 13.9 Å². The fourth-order valence-electron chi connectivity index (χ4n) is 2.81. The third-order valence-corrected chi connectivity index (χ3v) is 4.16. The topological polar surface area (TPSA) is 64.1 Å². The van der Waals surface area contributed by atoms with Crippen molar-refractivity contribution in [3.8, 4) is 11.6 Å². The van der Waals surface area contributed by atoms with E-state index in [4.69, 9.17) is 4.74 Å². The van der Waals surface area contributed by atoms with Gasteiger partial charge in [-0.05, 0) is 23.8 Å². The summed E-state index contributed by atoms with van der Waals surface area (Å²) < 4.78 is 19.6. The maximum absolute atomic E-state index is 13.8. The third kappa shape index (κ3) is 3.81. The average molecular weight is 373 g/mol. The molecule has 0 bridgehead atoms. The number of nitrogens with zero attached hydrogens (tertiary/aromatic N) is 2. The normalized spacial score (nSPS) is 10.6. The van der Waals surface area contributed by atoms with Crippen molar-refractivity contribution in [2.24, 2.45) is 0 Å². The van der Waals surface area contributed by atoms with Gasteiger partial charge < -0.3 is 10.1 Å². The molecule has 138 valence electrons. The molecule has 1 N–H and O–H groups in total. The summed E-state index contributed by atoms with van der Waals surface area (Å²) in [5.74, 6) is -0.633. The number of nitrogens with one attached hydrogen (secondary N) is 1. The van der Waals surface area contributed by atoms with Crippen LogP contribution in [0.5, 0.6) is 11.6 Å². The second-order valence-corrected chi connectivity index (χ2v) is 6.11. The Balaban J connectivity index is 1.62. The maximum atomic E-state index is 13.8. The molecule has 28 heavy (non-hydrogen) atoms. The van der Waals surface area contributed by atoms with E-state index in [-0.39, 0.29) is 11.4 Å². The van der Waals surface area contributed by atoms with Crippen molar-refractivity contribution >= 4 is 16.8 Å². The molecule has 2 aromatic carbocycles. The van der Waals surface area contributed by atoms with Gasteiger partial charge in [0.15, 0.2) is 5.75 Å². The Morgan fingerprint density at radius 2 is 1.82 bits per heavy atom. The van der Waals surface area contributed by atoms with Crippen LogP contribution in [0.15, 0.2) is 79.1 Å². The first-order chi connectivity index (χ1) is 13.7. The molecule has 0 spiro atoms. The quantitative estimate of drug-likeness (QED) is 0.560. The Bertz CT molecular complexity index is 1130. The van der Waals surface area contributed by atoms with Gasteiger partial charge in [0.25, 0.3) is 5.91 Å². The number of fused-ring (bicyclic) bond motifs is 1. The lowest BCUT2D eigenvalue weighted by Crippen LogP contribution is -2.23. The molecule has 5 nitrogen and oxygen atoms in total. The number of ether oxygens (including phenoxy) is 1. The maximum Gasteiger partial charge on any atom is 0.257 e. The molecule has 0 radical (unpaired) electrons. The minimum Gasteiger partial charge on any atom is -0.436 e. The monoisotopic (exact) mass is 373 g/mol. The Hall–Kier alpha value is -3.80. The van der Waals surface area contributed by atoms with Crippen molar-refractivity contribution in [2.45, 2.75) is 6.54 Å². The molecule has 0 aliphatic heterocycles. The van der Waals surface area contributed by atoms with E-state index >= 15 is 0 Å². The van der Waals surface area contributed by atoms with E-state index in [1.165, 1.54) is 0 Å². The number of hydrogen-bond donors (Lipinski definition) is 1. The van der Waals surface area contributed by atoms with Gasteiger partial charge in [-0.3, -0.25) is 9.78 Å². The Morgan fingerprint density at radius 3 is 2.68 bits per heavy atom. The van der Waals surface area contributed by atoms with Crippen LogP contribution in [-0.4, -0.2) is 15.9 Å². The van der Waals surface area contributed by atoms with Gasteiger partial charge in [0.05, 0.1) is 6.20 Å². The summed E-state index contributed by atoms with van der Waals surface area (Å²) in [6.45, 7) is 0.311. The molecule has 1 amide bonds. The highest BCUT2D eigenvalue weighted by atomic mass is 19.1. The van der Waals surface area contributed by atoms with E-state index in [0.29, 0.717) is 17.8 Å². The highest BCUT2D eigenvalue weighted by Crippen LogP contribution is 2.29. The fraction of sp³-hybridized carbons (Fsp3) is 0.0455. The highest BCUT2D eigenvalue weighted by molar-refractivity contribution is 5.96. The lowest BCUT2D eigenvalue weighted by Gasteiger charge is -2.12. The first kappa shape index (κ1) is 17.6. The minimum atomic E-state index is -0.617. The molecule has 0 unspecified atom stereocenters. The standard InChI is InChI=1S/C22H16FN3O2/c23-17-12-18(21(27)25-13-15-6-2-1-3-7-15)22(26-14-17)28-19-10-4-8-16-9-5-11-24-20(16)19/h1-12,14H,13H2,(H,25,27). The molecule has 0 saturated carbocycles. The van der Waals surface area contributed by atoms with E-state index in [1.54, 1.807) is 12.3 Å². The Labute approximate surface area is 160 Å². The van der Waals surface area contributed by atoms with E-state index in [0.717, 1.165) is 23.2 Å². The molecule has 6 heteroatoms. The SMILES string of the molecule is O=C(NCc1ccccc1)c1cc(F)cnc1Oc1cccc2cccnc12. The van der Waals surface area contributed by atoms with Gasteiger partial charge in [-0.2, -0.15) is 0 Å². The number of benzene rings is 2. The molecule has 0 fully saturated rings. The number of amides is 1. The van der Waals surface area contributed by atoms with Crippen LogP contribution in [0, 0.1) is 5.82 Å². The van der Waals surface area contributed by atoms with E-state index in [1.807, 2.05) is 54.6 Å². The first-order valence-corrected chi connectivity index (χ1v) is 8.70. The predicted molar refractivity (Wildman–Crippen MR) is 104 cm³/mol. The van der Waals surface area contributed by atoms with Crippen molar-refractivity contribution in [1.82, 2.24) is 15.3 Å². The zero-order chi connectivity index (χ0) is 19.3. The van der Waals surface area contributed by atoms with E-state index < -0.39 is 11.7 Å². The number of aromatic nitrogens is 2. The first-order valence-electron chi connectivity index (χ1n) is 8.70. The average Bonchev–Trinajstić information content (AvgIpc) is 2.74. The second-order valence-electron chi connectivity index (χ2n) is 6.11. The van der Waals surface area contributed by atoms with Crippen molar-refractivity contribution in [1.29, 1.82) is 0 Å². The van der Waals surface area contributed by atoms with Crippen LogP contribution in [0.1, 0.15) is 15.9 Å². The van der Waals surface area contributed by atoms with Gasteiger partial charge in [0.1, 0.15) is 16.9 Å². The smallest absolute Gasteiger partial charge is 0.257 e. The highest BCUT2D eigenvalue weighted by Gasteiger charge is 2.17. The van der Waals surface area contributed by atoms with Crippen molar-refractivity contribution in [3.05, 3.63) is 96.1 Å². The van der Waals surface area contributed by atoms with E-state index in [9.17, 15) is 9.18 Å². The molecule has 0 saturated heterocycles. The summed E-state index contributed by atoms with van der Waals surface area (Å²) >= 11 is 0. The minimum absolute atomic E-state index is 0.0175. The van der Waals surface area contributed by atoms with Crippen molar-refractivity contribution in [2.75, 3.05) is 0 Å². The zero-order valence-corrected chi connectivity index (χ0v) is 14.8. The van der Waals surface area contributed by atoms with Crippen LogP contribution in [0.2, 0.25) is 0 Å². The Morgan fingerprint density at radius 1 is 1.00 bits per heavy atom. The number of rotatable bonds is 5. The predicted octanol–water partition coefficient (Wildman–Crippen LogP) is 4.49. The second kappa shape index (κ2) is 7.84. The van der Waals surface area contributed by atoms with Crippen LogP contribution >= 0.6 is 0 Å². The van der Waals surface area contributed by atoms with Gasteiger partial charge in [0, 0.05) is 18.1 Å². The number of hydrogen-bond acceptors (Lipinski definition) is 4.